The predicted molar refractivity (Wildman–Crippen MR) is 153 cm³/mol. The van der Waals surface area contributed by atoms with E-state index in [1.54, 1.807) is 38.8 Å². The van der Waals surface area contributed by atoms with E-state index in [0.717, 1.165) is 34.2 Å². The van der Waals surface area contributed by atoms with Crippen molar-refractivity contribution in [3.05, 3.63) is 56.5 Å². The molecular weight excluding hydrogens is 596 g/mol. The third-order valence-electron chi connectivity index (χ3n) is 6.94. The second-order valence-corrected chi connectivity index (χ2v) is 11.5. The Hall–Kier alpha value is -4.93. The summed E-state index contributed by atoms with van der Waals surface area (Å²) in [7, 11) is -0.293. The fourth-order valence-electron chi connectivity index (χ4n) is 5.24. The number of aromatic amines is 1. The molecule has 4 aromatic rings. The molecule has 16 nitrogen and oxygen atoms in total. The molecule has 0 spiro atoms. The molecule has 4 aromatic heterocycles. The van der Waals surface area contributed by atoms with Crippen LogP contribution in [0.3, 0.4) is 0 Å². The van der Waals surface area contributed by atoms with E-state index in [1.165, 1.54) is 10.9 Å². The fourth-order valence-corrected chi connectivity index (χ4v) is 5.59. The number of rotatable bonds is 6. The number of carbonyl (C=O) groups is 2. The van der Waals surface area contributed by atoms with Crippen molar-refractivity contribution in [2.75, 3.05) is 19.5 Å². The predicted octanol–water partition coefficient (Wildman–Crippen LogP) is 0.937. The molecule has 0 aromatic carbocycles. The third-order valence-corrected chi connectivity index (χ3v) is 7.39. The van der Waals surface area contributed by atoms with Crippen LogP contribution < -0.4 is 9.87 Å². The zero-order chi connectivity index (χ0) is 31.8. The molecule has 4 heterocycles. The van der Waals surface area contributed by atoms with Crippen LogP contribution in [0.4, 0.5) is 0 Å². The van der Waals surface area contributed by atoms with Crippen LogP contribution in [0.5, 0.6) is 6.01 Å². The van der Waals surface area contributed by atoms with Crippen molar-refractivity contribution in [1.82, 2.24) is 39.5 Å². The van der Waals surface area contributed by atoms with Gasteiger partial charge in [0.2, 0.25) is 0 Å². The molecule has 232 valence electrons. The smallest absolute Gasteiger partial charge is 0.359 e. The van der Waals surface area contributed by atoms with Gasteiger partial charge in [0.05, 0.1) is 42.2 Å². The summed E-state index contributed by atoms with van der Waals surface area (Å²) in [6, 6.07) is -0.261. The van der Waals surface area contributed by atoms with Gasteiger partial charge in [-0.1, -0.05) is 0 Å². The maximum atomic E-state index is 12.1. The number of aromatic nitrogens is 8. The first-order valence-electron chi connectivity index (χ1n) is 13.7. The quantitative estimate of drug-likeness (QED) is 0.234. The zero-order valence-corrected chi connectivity index (χ0v) is 25.5. The van der Waals surface area contributed by atoms with Gasteiger partial charge in [-0.05, 0) is 50.7 Å². The first-order chi connectivity index (χ1) is 20.9. The monoisotopic (exact) mass is 626 g/mol. The van der Waals surface area contributed by atoms with Gasteiger partial charge >= 0.3 is 33.8 Å². The number of aryl methyl sites for hydroxylation is 4. The number of nitrogens with zero attached hydrogens (tertiary/aromatic N) is 7. The molecule has 17 heteroatoms. The topological polar surface area (TPSA) is 203 Å². The zero-order valence-electron chi connectivity index (χ0n) is 24.7. The summed E-state index contributed by atoms with van der Waals surface area (Å²) in [5.74, 6) is -0.913. The molecule has 44 heavy (non-hydrogen) atoms. The van der Waals surface area contributed by atoms with E-state index in [0.29, 0.717) is 55.1 Å². The molecule has 0 amide bonds. The molecule has 0 unspecified atom stereocenters. The molecule has 0 fully saturated rings. The Morgan fingerprint density at radius 1 is 0.864 bits per heavy atom. The standard InChI is InChI=1S/C14H16N4O5S.C13H14N4O3/c1-4-22-13(19)11-9-6-5-8-7-15-14(23-24(3,20)21)16-10(8)12(9)18(2)17-11;1-3-20-12(18)10-8-5-4-7-6-14-13(19)15-9(7)11(8)17(2)16-10/h7H,4-6H2,1-3H3;6H,3-5H2,1-2H3,(H,14,15,19). The van der Waals surface area contributed by atoms with Gasteiger partial charge in [0.25, 0.3) is 0 Å². The molecule has 0 aliphatic heterocycles. The highest BCUT2D eigenvalue weighted by atomic mass is 32.2. The number of hydrogen-bond acceptors (Lipinski definition) is 13. The van der Waals surface area contributed by atoms with Crippen LogP contribution in [0, 0.1) is 0 Å². The van der Waals surface area contributed by atoms with E-state index in [9.17, 15) is 22.8 Å². The van der Waals surface area contributed by atoms with Crippen molar-refractivity contribution < 1.29 is 31.7 Å². The molecule has 0 atom stereocenters. The average molecular weight is 627 g/mol. The van der Waals surface area contributed by atoms with Gasteiger partial charge in [-0.25, -0.2) is 24.4 Å². The molecule has 1 N–H and O–H groups in total. The van der Waals surface area contributed by atoms with Gasteiger partial charge in [0.15, 0.2) is 11.4 Å². The lowest BCUT2D eigenvalue weighted by Gasteiger charge is -2.16. The summed E-state index contributed by atoms with van der Waals surface area (Å²) in [4.78, 5) is 50.0. The van der Waals surface area contributed by atoms with Crippen LogP contribution in [0.1, 0.15) is 57.1 Å². The number of fused-ring (bicyclic) bond motifs is 6. The van der Waals surface area contributed by atoms with Crippen molar-refractivity contribution in [3.63, 3.8) is 0 Å². The van der Waals surface area contributed by atoms with Gasteiger partial charge in [-0.2, -0.15) is 23.6 Å². The largest absolute Gasteiger partial charge is 0.461 e. The van der Waals surface area contributed by atoms with Crippen LogP contribution in [-0.4, -0.2) is 79.3 Å². The first-order valence-corrected chi connectivity index (χ1v) is 15.5. The second-order valence-electron chi connectivity index (χ2n) is 9.94. The molecule has 0 saturated heterocycles. The highest BCUT2D eigenvalue weighted by Crippen LogP contribution is 2.35. The van der Waals surface area contributed by atoms with E-state index in [1.807, 2.05) is 0 Å². The second kappa shape index (κ2) is 12.0. The fraction of sp³-hybridized carbons (Fsp3) is 0.407. The van der Waals surface area contributed by atoms with E-state index in [2.05, 4.69) is 30.1 Å². The Kier molecular flexibility index (Phi) is 8.31. The Bertz CT molecular complexity index is 1940. The van der Waals surface area contributed by atoms with E-state index in [4.69, 9.17) is 13.7 Å². The number of hydrogen-bond donors (Lipinski definition) is 1. The highest BCUT2D eigenvalue weighted by molar-refractivity contribution is 7.86. The van der Waals surface area contributed by atoms with Crippen molar-refractivity contribution in [1.29, 1.82) is 0 Å². The van der Waals surface area contributed by atoms with Crippen LogP contribution >= 0.6 is 0 Å². The van der Waals surface area contributed by atoms with Gasteiger partial charge in [-0.15, -0.1) is 0 Å². The van der Waals surface area contributed by atoms with Crippen molar-refractivity contribution in [2.45, 2.75) is 39.5 Å². The Labute approximate surface area is 251 Å². The highest BCUT2D eigenvalue weighted by Gasteiger charge is 2.31. The number of ether oxygens (including phenoxy) is 2. The molecule has 0 saturated carbocycles. The van der Waals surface area contributed by atoms with Gasteiger partial charge in [-0.3, -0.25) is 9.36 Å². The Morgan fingerprint density at radius 3 is 2.00 bits per heavy atom. The van der Waals surface area contributed by atoms with E-state index >= 15 is 0 Å². The van der Waals surface area contributed by atoms with Crippen LogP contribution in [0.2, 0.25) is 0 Å². The van der Waals surface area contributed by atoms with Crippen molar-refractivity contribution in [3.8, 4) is 28.8 Å². The minimum absolute atomic E-state index is 0.254. The molecule has 2 aliphatic carbocycles. The number of esters is 2. The molecule has 2 aliphatic rings. The molecule has 0 bridgehead atoms. The van der Waals surface area contributed by atoms with Crippen molar-refractivity contribution >= 4 is 22.1 Å². The normalized spacial score (nSPS) is 12.9. The molecule has 6 rings (SSSR count). The van der Waals surface area contributed by atoms with Gasteiger partial charge in [0.1, 0.15) is 0 Å². The van der Waals surface area contributed by atoms with E-state index in [-0.39, 0.29) is 18.3 Å². The SMILES string of the molecule is CCOC(=O)c1nn(C)c2c1CCc1cnc(=O)[nH]c1-2.CCOC(=O)c1nn(C)c2c1CCc1cnc(OS(C)(=O)=O)nc1-2. The first kappa shape index (κ1) is 30.5. The van der Waals surface area contributed by atoms with Crippen LogP contribution in [0.25, 0.3) is 22.8 Å². The molecular formula is C27H30N8O8S. The summed E-state index contributed by atoms with van der Waals surface area (Å²) < 4.78 is 40.5. The lowest BCUT2D eigenvalue weighted by molar-refractivity contribution is 0.0508. The minimum Gasteiger partial charge on any atom is -0.461 e. The summed E-state index contributed by atoms with van der Waals surface area (Å²) in [5.41, 5.74) is 6.11. The number of carbonyl (C=O) groups excluding carboxylic acids is 2. The Balaban J connectivity index is 0.000000177. The lowest BCUT2D eigenvalue weighted by Crippen LogP contribution is -2.17. The third kappa shape index (κ3) is 5.95. The minimum atomic E-state index is -3.73. The van der Waals surface area contributed by atoms with Crippen LogP contribution in [0.15, 0.2) is 17.2 Å². The summed E-state index contributed by atoms with van der Waals surface area (Å²) >= 11 is 0. The van der Waals surface area contributed by atoms with Gasteiger partial charge < -0.3 is 18.6 Å². The van der Waals surface area contributed by atoms with Gasteiger partial charge in [0, 0.05) is 37.6 Å². The summed E-state index contributed by atoms with van der Waals surface area (Å²) in [6.45, 7) is 4.05. The lowest BCUT2D eigenvalue weighted by atomic mass is 9.93. The average Bonchev–Trinajstić information content (AvgIpc) is 3.50. The maximum Gasteiger partial charge on any atom is 0.359 e. The van der Waals surface area contributed by atoms with E-state index < -0.39 is 27.7 Å². The maximum absolute atomic E-state index is 12.1. The summed E-state index contributed by atoms with van der Waals surface area (Å²) in [5, 5.41) is 8.48. The van der Waals surface area contributed by atoms with Crippen molar-refractivity contribution in [2.24, 2.45) is 14.1 Å². The van der Waals surface area contributed by atoms with Crippen LogP contribution in [-0.2, 0) is 59.4 Å². The Morgan fingerprint density at radius 2 is 1.41 bits per heavy atom. The number of nitrogens with one attached hydrogen (secondary N) is 1. The number of H-pyrrole nitrogens is 1. The molecule has 0 radical (unpaired) electrons. The summed E-state index contributed by atoms with van der Waals surface area (Å²) in [6.07, 6.45) is 6.63.